The molecule has 0 aromatic rings. The zero-order valence-electron chi connectivity index (χ0n) is 13.2. The number of thiocarbonyl (C=S) groups is 2. The van der Waals surface area contributed by atoms with Gasteiger partial charge < -0.3 is 4.74 Å². The van der Waals surface area contributed by atoms with Crippen molar-refractivity contribution in [2.24, 2.45) is 16.9 Å². The predicted molar refractivity (Wildman–Crippen MR) is 93.4 cm³/mol. The van der Waals surface area contributed by atoms with Crippen LogP contribution in [0.1, 0.15) is 32.1 Å². The fraction of sp³-hybridized carbons (Fsp3) is 0.714. The molecule has 0 aromatic heterocycles. The lowest BCUT2D eigenvalue weighted by molar-refractivity contribution is -0.122. The molecule has 2 aliphatic carbocycles. The minimum absolute atomic E-state index is 0.0474. The van der Waals surface area contributed by atoms with Gasteiger partial charge in [0, 0.05) is 25.9 Å². The largest absolute Gasteiger partial charge is 0.483 e. The zero-order chi connectivity index (χ0) is 16.3. The number of ether oxygens (including phenoxy) is 1. The lowest BCUT2D eigenvalue weighted by atomic mass is 10.4. The molecule has 22 heavy (non-hydrogen) atoms. The van der Waals surface area contributed by atoms with Crippen LogP contribution in [0.2, 0.25) is 0 Å². The highest BCUT2D eigenvalue weighted by molar-refractivity contribution is 7.80. The smallest absolute Gasteiger partial charge is 0.247 e. The fourth-order valence-corrected chi connectivity index (χ4v) is 2.54. The maximum Gasteiger partial charge on any atom is 0.247 e. The lowest BCUT2D eigenvalue weighted by Gasteiger charge is -2.21. The van der Waals surface area contributed by atoms with E-state index in [9.17, 15) is 4.79 Å². The fourth-order valence-electron chi connectivity index (χ4n) is 1.98. The van der Waals surface area contributed by atoms with Gasteiger partial charge in [-0.05, 0) is 25.7 Å². The number of nitrogens with zero attached hydrogens (tertiary/aromatic N) is 3. The van der Waals surface area contributed by atoms with Crippen molar-refractivity contribution >= 4 is 46.2 Å². The van der Waals surface area contributed by atoms with E-state index < -0.39 is 0 Å². The minimum Gasteiger partial charge on any atom is -0.483 e. The SMILES string of the molecule is CO/C(CC(=O)NN(C)C(=S)C1CC1)=N\N(C)C(=S)C1CC1. The average Bonchev–Trinajstić information content (AvgIpc) is 3.36. The van der Waals surface area contributed by atoms with E-state index in [1.807, 2.05) is 0 Å². The molecule has 6 nitrogen and oxygen atoms in total. The number of hydrogen-bond donors (Lipinski definition) is 1. The van der Waals surface area contributed by atoms with E-state index in [2.05, 4.69) is 10.5 Å². The average molecular weight is 342 g/mol. The van der Waals surface area contributed by atoms with Gasteiger partial charge in [0.15, 0.2) is 0 Å². The van der Waals surface area contributed by atoms with Crippen LogP contribution in [-0.4, -0.2) is 53.0 Å². The molecule has 0 aromatic carbocycles. The molecule has 2 saturated carbocycles. The van der Waals surface area contributed by atoms with Crippen LogP contribution in [0.5, 0.6) is 0 Å². The number of hydrazone groups is 1. The van der Waals surface area contributed by atoms with E-state index in [-0.39, 0.29) is 12.3 Å². The molecule has 1 N–H and O–H groups in total. The van der Waals surface area contributed by atoms with Crippen molar-refractivity contribution < 1.29 is 9.53 Å². The topological polar surface area (TPSA) is 57.2 Å². The number of carbonyl (C=O) groups excluding carboxylic acids is 1. The van der Waals surface area contributed by atoms with Crippen molar-refractivity contribution in [2.45, 2.75) is 32.1 Å². The molecule has 0 heterocycles. The van der Waals surface area contributed by atoms with Crippen molar-refractivity contribution in [2.75, 3.05) is 21.2 Å². The summed E-state index contributed by atoms with van der Waals surface area (Å²) >= 11 is 10.6. The first-order valence-electron chi connectivity index (χ1n) is 7.38. The monoisotopic (exact) mass is 342 g/mol. The maximum absolute atomic E-state index is 12.0. The van der Waals surface area contributed by atoms with Crippen LogP contribution in [-0.2, 0) is 9.53 Å². The number of methoxy groups -OCH3 is 1. The molecule has 0 radical (unpaired) electrons. The Bertz CT molecular complexity index is 501. The molecule has 2 rings (SSSR count). The van der Waals surface area contributed by atoms with Crippen molar-refractivity contribution in [3.63, 3.8) is 0 Å². The first kappa shape index (κ1) is 17.1. The molecule has 0 atom stereocenters. The molecular weight excluding hydrogens is 320 g/mol. The third-order valence-corrected chi connectivity index (χ3v) is 4.81. The number of rotatable bonds is 5. The highest BCUT2D eigenvalue weighted by atomic mass is 32.1. The summed E-state index contributed by atoms with van der Waals surface area (Å²) in [7, 11) is 5.04. The van der Waals surface area contributed by atoms with Crippen LogP contribution >= 0.6 is 24.4 Å². The molecule has 0 saturated heterocycles. The molecule has 8 heteroatoms. The van der Waals surface area contributed by atoms with Gasteiger partial charge in [-0.3, -0.25) is 20.2 Å². The number of hydrogen-bond acceptors (Lipinski definition) is 5. The lowest BCUT2D eigenvalue weighted by Crippen LogP contribution is -2.44. The quantitative estimate of drug-likeness (QED) is 0.355. The highest BCUT2D eigenvalue weighted by Crippen LogP contribution is 2.32. The minimum atomic E-state index is -0.211. The summed E-state index contributed by atoms with van der Waals surface area (Å²) in [6.45, 7) is 0. The number of amides is 1. The third-order valence-electron chi connectivity index (χ3n) is 3.60. The Morgan fingerprint density at radius 2 is 1.73 bits per heavy atom. The number of carbonyl (C=O) groups is 1. The van der Waals surface area contributed by atoms with Crippen LogP contribution in [0.4, 0.5) is 0 Å². The molecule has 0 bridgehead atoms. The van der Waals surface area contributed by atoms with Gasteiger partial charge in [-0.1, -0.05) is 24.4 Å². The van der Waals surface area contributed by atoms with Gasteiger partial charge in [-0.25, -0.2) is 0 Å². The molecule has 1 amide bonds. The summed E-state index contributed by atoms with van der Waals surface area (Å²) in [5.41, 5.74) is 2.74. The van der Waals surface area contributed by atoms with Gasteiger partial charge in [-0.15, -0.1) is 5.10 Å². The highest BCUT2D eigenvalue weighted by Gasteiger charge is 2.30. The first-order chi connectivity index (χ1) is 10.4. The number of nitrogens with one attached hydrogen (secondary N) is 1. The summed E-state index contributed by atoms with van der Waals surface area (Å²) in [6, 6.07) is 0. The van der Waals surface area contributed by atoms with Gasteiger partial charge in [0.1, 0.15) is 11.4 Å². The molecular formula is C14H22N4O2S2. The summed E-state index contributed by atoms with van der Waals surface area (Å²) in [4.78, 5) is 13.6. The summed E-state index contributed by atoms with van der Waals surface area (Å²) in [5, 5.41) is 7.51. The maximum atomic E-state index is 12.0. The third kappa shape index (κ3) is 4.88. The zero-order valence-corrected chi connectivity index (χ0v) is 14.8. The Hall–Kier alpha value is -1.28. The first-order valence-corrected chi connectivity index (χ1v) is 8.20. The predicted octanol–water partition coefficient (Wildman–Crippen LogP) is 1.71. The van der Waals surface area contributed by atoms with Gasteiger partial charge >= 0.3 is 0 Å². The van der Waals surface area contributed by atoms with E-state index in [1.54, 1.807) is 24.1 Å². The van der Waals surface area contributed by atoms with Crippen LogP contribution in [0.3, 0.4) is 0 Å². The van der Waals surface area contributed by atoms with Gasteiger partial charge in [0.05, 0.1) is 12.1 Å². The Kier molecular flexibility index (Phi) is 5.69. The Balaban J connectivity index is 1.83. The van der Waals surface area contributed by atoms with E-state index in [0.717, 1.165) is 35.7 Å². The Labute approximate surface area is 141 Å². The van der Waals surface area contributed by atoms with Crippen LogP contribution < -0.4 is 5.43 Å². The molecule has 2 aliphatic rings. The summed E-state index contributed by atoms with van der Waals surface area (Å²) < 4.78 is 5.18. The molecule has 122 valence electrons. The van der Waals surface area contributed by atoms with Crippen molar-refractivity contribution in [1.82, 2.24) is 15.4 Å². The molecule has 0 aliphatic heterocycles. The van der Waals surface area contributed by atoms with Crippen LogP contribution in [0.25, 0.3) is 0 Å². The second-order valence-corrected chi connectivity index (χ2v) is 6.55. The number of hydrazine groups is 1. The standard InChI is InChI=1S/C14H22N4O2S2/c1-17(13(21)9-4-5-9)15-11(19)8-12(20-3)16-18(2)14(22)10-6-7-10/h9-10H,4-8H2,1-3H3,(H,15,19)/b16-12-. The van der Waals surface area contributed by atoms with Gasteiger partial charge in [0.2, 0.25) is 11.8 Å². The normalized spacial score (nSPS) is 17.7. The molecule has 2 fully saturated rings. The van der Waals surface area contributed by atoms with Gasteiger partial charge in [0.25, 0.3) is 0 Å². The second-order valence-electron chi connectivity index (χ2n) is 5.72. The molecule has 0 unspecified atom stereocenters. The van der Waals surface area contributed by atoms with Crippen LogP contribution in [0.15, 0.2) is 5.10 Å². The van der Waals surface area contributed by atoms with Crippen molar-refractivity contribution in [3.8, 4) is 0 Å². The summed E-state index contributed by atoms with van der Waals surface area (Å²) in [5.74, 6) is 0.987. The Morgan fingerprint density at radius 1 is 1.18 bits per heavy atom. The van der Waals surface area contributed by atoms with E-state index in [4.69, 9.17) is 29.2 Å². The van der Waals surface area contributed by atoms with Crippen molar-refractivity contribution in [3.05, 3.63) is 0 Å². The van der Waals surface area contributed by atoms with E-state index in [1.165, 1.54) is 7.11 Å². The van der Waals surface area contributed by atoms with Crippen LogP contribution in [0, 0.1) is 11.8 Å². The molecule has 0 spiro atoms. The second kappa shape index (κ2) is 7.32. The van der Waals surface area contributed by atoms with E-state index in [0.29, 0.717) is 17.7 Å². The summed E-state index contributed by atoms with van der Waals surface area (Å²) in [6.07, 6.45) is 4.49. The van der Waals surface area contributed by atoms with E-state index >= 15 is 0 Å². The van der Waals surface area contributed by atoms with Gasteiger partial charge in [-0.2, -0.15) is 0 Å². The Morgan fingerprint density at radius 3 is 2.23 bits per heavy atom. The van der Waals surface area contributed by atoms with Crippen molar-refractivity contribution in [1.29, 1.82) is 0 Å².